The molecule has 0 aliphatic carbocycles. The smallest absolute Gasteiger partial charge is 0.270 e. The van der Waals surface area contributed by atoms with E-state index in [9.17, 15) is 19.7 Å². The number of halogens is 2. The zero-order chi connectivity index (χ0) is 25.7. The summed E-state index contributed by atoms with van der Waals surface area (Å²) in [5, 5.41) is 19.6. The topological polar surface area (TPSA) is 114 Å². The molecule has 0 aliphatic heterocycles. The molecule has 3 aromatic carbocycles. The monoisotopic (exact) mass is 558 g/mol. The number of amides is 2. The molecular weight excluding hydrogens is 543 g/mol. The standard InChI is InChI=1S/C24H16Cl2N4O4S2/c25-15-4-9-19(20(26)11-15)21-12-36-24(28-21)29-22(31)13-35-18-7-5-16(6-8-18)27-23(32)14-2-1-3-17(10-14)30(33)34/h1-12H,13H2,(H,27,32)(H,28,29,31). The van der Waals surface area contributed by atoms with Crippen LogP contribution in [0.2, 0.25) is 10.0 Å². The van der Waals surface area contributed by atoms with Crippen molar-refractivity contribution in [1.29, 1.82) is 0 Å². The number of nitro groups is 1. The molecule has 2 N–H and O–H groups in total. The summed E-state index contributed by atoms with van der Waals surface area (Å²) >= 11 is 14.8. The lowest BCUT2D eigenvalue weighted by Gasteiger charge is -2.07. The van der Waals surface area contributed by atoms with E-state index in [0.717, 1.165) is 10.5 Å². The van der Waals surface area contributed by atoms with Gasteiger partial charge in [-0.1, -0.05) is 29.3 Å². The zero-order valence-corrected chi connectivity index (χ0v) is 21.4. The van der Waals surface area contributed by atoms with E-state index in [2.05, 4.69) is 15.6 Å². The van der Waals surface area contributed by atoms with Crippen LogP contribution in [0.3, 0.4) is 0 Å². The van der Waals surface area contributed by atoms with Crippen LogP contribution < -0.4 is 10.6 Å². The number of hydrogen-bond donors (Lipinski definition) is 2. The van der Waals surface area contributed by atoms with Crippen molar-refractivity contribution >= 4 is 74.6 Å². The highest BCUT2D eigenvalue weighted by Gasteiger charge is 2.13. The van der Waals surface area contributed by atoms with Gasteiger partial charge in [-0.2, -0.15) is 0 Å². The Balaban J connectivity index is 1.29. The summed E-state index contributed by atoms with van der Waals surface area (Å²) < 4.78 is 0. The number of anilines is 2. The van der Waals surface area contributed by atoms with Crippen LogP contribution >= 0.6 is 46.3 Å². The lowest BCUT2D eigenvalue weighted by molar-refractivity contribution is -0.384. The maximum atomic E-state index is 12.4. The van der Waals surface area contributed by atoms with Gasteiger partial charge >= 0.3 is 0 Å². The van der Waals surface area contributed by atoms with Crippen molar-refractivity contribution in [2.45, 2.75) is 4.90 Å². The molecule has 0 fully saturated rings. The second-order valence-electron chi connectivity index (χ2n) is 7.28. The van der Waals surface area contributed by atoms with E-state index in [1.54, 1.807) is 47.8 Å². The predicted molar refractivity (Wildman–Crippen MR) is 144 cm³/mol. The summed E-state index contributed by atoms with van der Waals surface area (Å²) in [5.74, 6) is -0.511. The van der Waals surface area contributed by atoms with Crippen LogP contribution in [0.1, 0.15) is 10.4 Å². The number of benzene rings is 3. The van der Waals surface area contributed by atoms with Crippen LogP contribution in [-0.2, 0) is 4.79 Å². The molecule has 36 heavy (non-hydrogen) atoms. The van der Waals surface area contributed by atoms with Gasteiger partial charge in [0.25, 0.3) is 11.6 Å². The number of thiazole rings is 1. The SMILES string of the molecule is O=C(CSc1ccc(NC(=O)c2cccc([N+](=O)[O-])c2)cc1)Nc1nc(-c2ccc(Cl)cc2Cl)cs1. The molecule has 12 heteroatoms. The molecule has 1 heterocycles. The number of nitrogens with one attached hydrogen (secondary N) is 2. The third-order valence-corrected chi connectivity index (χ3v) is 7.08. The molecule has 0 spiro atoms. The summed E-state index contributed by atoms with van der Waals surface area (Å²) in [7, 11) is 0. The van der Waals surface area contributed by atoms with E-state index in [4.69, 9.17) is 23.2 Å². The Bertz CT molecular complexity index is 1440. The van der Waals surface area contributed by atoms with Crippen molar-refractivity contribution in [1.82, 2.24) is 4.98 Å². The summed E-state index contributed by atoms with van der Waals surface area (Å²) in [6.45, 7) is 0. The molecular formula is C24H16Cl2N4O4S2. The van der Waals surface area contributed by atoms with E-state index in [0.29, 0.717) is 26.6 Å². The molecule has 0 aliphatic rings. The lowest BCUT2D eigenvalue weighted by Crippen LogP contribution is -2.13. The zero-order valence-electron chi connectivity index (χ0n) is 18.2. The number of carbonyl (C=O) groups is 2. The fraction of sp³-hybridized carbons (Fsp3) is 0.0417. The molecule has 4 rings (SSSR count). The Morgan fingerprint density at radius 3 is 2.53 bits per heavy atom. The Labute approximate surface area is 223 Å². The van der Waals surface area contributed by atoms with Crippen LogP contribution in [0.25, 0.3) is 11.3 Å². The summed E-state index contributed by atoms with van der Waals surface area (Å²) in [5.41, 5.74) is 1.92. The molecule has 0 radical (unpaired) electrons. The van der Waals surface area contributed by atoms with Gasteiger partial charge in [-0.3, -0.25) is 19.7 Å². The van der Waals surface area contributed by atoms with Crippen molar-refractivity contribution in [2.24, 2.45) is 0 Å². The first-order valence-corrected chi connectivity index (χ1v) is 12.9. The van der Waals surface area contributed by atoms with Crippen molar-refractivity contribution in [3.05, 3.63) is 97.8 Å². The van der Waals surface area contributed by atoms with Crippen LogP contribution in [0.5, 0.6) is 0 Å². The minimum absolute atomic E-state index is 0.157. The molecule has 2 amide bonds. The fourth-order valence-electron chi connectivity index (χ4n) is 3.05. The third-order valence-electron chi connectivity index (χ3n) is 4.76. The highest BCUT2D eigenvalue weighted by Crippen LogP contribution is 2.32. The van der Waals surface area contributed by atoms with Crippen molar-refractivity contribution in [3.63, 3.8) is 0 Å². The third kappa shape index (κ3) is 6.61. The highest BCUT2D eigenvalue weighted by molar-refractivity contribution is 8.00. The largest absolute Gasteiger partial charge is 0.322 e. The number of nitrogens with zero attached hydrogens (tertiary/aromatic N) is 2. The molecule has 8 nitrogen and oxygen atoms in total. The van der Waals surface area contributed by atoms with E-state index in [1.807, 2.05) is 0 Å². The first-order valence-electron chi connectivity index (χ1n) is 10.3. The maximum Gasteiger partial charge on any atom is 0.270 e. The second kappa shape index (κ2) is 11.5. The fourth-order valence-corrected chi connectivity index (χ4v) is 4.99. The quantitative estimate of drug-likeness (QED) is 0.136. The van der Waals surface area contributed by atoms with Crippen LogP contribution in [0.15, 0.2) is 77.0 Å². The predicted octanol–water partition coefficient (Wildman–Crippen LogP) is 7.01. The molecule has 0 saturated heterocycles. The summed E-state index contributed by atoms with van der Waals surface area (Å²) in [6.07, 6.45) is 0. The van der Waals surface area contributed by atoms with Gasteiger partial charge in [0.05, 0.1) is 21.4 Å². The van der Waals surface area contributed by atoms with Crippen molar-refractivity contribution < 1.29 is 14.5 Å². The molecule has 0 bridgehead atoms. The first-order chi connectivity index (χ1) is 17.3. The number of carbonyl (C=O) groups excluding carboxylic acids is 2. The van der Waals surface area contributed by atoms with Crippen LogP contribution in [0, 0.1) is 10.1 Å². The molecule has 0 saturated carbocycles. The molecule has 1 aromatic heterocycles. The van der Waals surface area contributed by atoms with Gasteiger partial charge in [0.15, 0.2) is 5.13 Å². The molecule has 4 aromatic rings. The molecule has 0 unspecified atom stereocenters. The molecule has 0 atom stereocenters. The first kappa shape index (κ1) is 25.6. The van der Waals surface area contributed by atoms with E-state index >= 15 is 0 Å². The lowest BCUT2D eigenvalue weighted by atomic mass is 10.2. The van der Waals surface area contributed by atoms with Gasteiger partial charge in [-0.05, 0) is 48.5 Å². The van der Waals surface area contributed by atoms with E-state index < -0.39 is 10.8 Å². The molecule has 182 valence electrons. The van der Waals surface area contributed by atoms with Crippen molar-refractivity contribution in [3.8, 4) is 11.3 Å². The number of thioether (sulfide) groups is 1. The second-order valence-corrected chi connectivity index (χ2v) is 10.0. The minimum atomic E-state index is -0.554. The maximum absolute atomic E-state index is 12.4. The van der Waals surface area contributed by atoms with Crippen LogP contribution in [-0.4, -0.2) is 27.5 Å². The Morgan fingerprint density at radius 1 is 1.03 bits per heavy atom. The normalized spacial score (nSPS) is 10.6. The Kier molecular flexibility index (Phi) is 8.21. The summed E-state index contributed by atoms with van der Waals surface area (Å²) in [6, 6.07) is 17.6. The average Bonchev–Trinajstić information content (AvgIpc) is 3.31. The number of rotatable bonds is 8. The number of nitro benzene ring substituents is 1. The van der Waals surface area contributed by atoms with Crippen LogP contribution in [0.4, 0.5) is 16.5 Å². The minimum Gasteiger partial charge on any atom is -0.322 e. The Morgan fingerprint density at radius 2 is 1.81 bits per heavy atom. The Hall–Kier alpha value is -3.44. The average molecular weight is 559 g/mol. The van der Waals surface area contributed by atoms with Gasteiger partial charge < -0.3 is 10.6 Å². The van der Waals surface area contributed by atoms with Gasteiger partial charge in [-0.15, -0.1) is 23.1 Å². The van der Waals surface area contributed by atoms with E-state index in [1.165, 1.54) is 47.4 Å². The van der Waals surface area contributed by atoms with Gasteiger partial charge in [0, 0.05) is 44.2 Å². The number of aromatic nitrogens is 1. The van der Waals surface area contributed by atoms with Gasteiger partial charge in [-0.25, -0.2) is 4.98 Å². The van der Waals surface area contributed by atoms with Gasteiger partial charge in [0.1, 0.15) is 0 Å². The van der Waals surface area contributed by atoms with Crippen molar-refractivity contribution in [2.75, 3.05) is 16.4 Å². The number of hydrogen-bond acceptors (Lipinski definition) is 7. The highest BCUT2D eigenvalue weighted by atomic mass is 35.5. The van der Waals surface area contributed by atoms with E-state index in [-0.39, 0.29) is 22.9 Å². The number of non-ortho nitro benzene ring substituents is 1. The summed E-state index contributed by atoms with van der Waals surface area (Å²) in [4.78, 5) is 40.3. The van der Waals surface area contributed by atoms with Gasteiger partial charge in [0.2, 0.25) is 5.91 Å².